The summed E-state index contributed by atoms with van der Waals surface area (Å²) >= 11 is 0. The molecule has 1 saturated heterocycles. The van der Waals surface area contributed by atoms with Gasteiger partial charge in [0.2, 0.25) is 5.89 Å². The number of hydrogen-bond acceptors (Lipinski definition) is 8. The fourth-order valence-corrected chi connectivity index (χ4v) is 6.12. The van der Waals surface area contributed by atoms with Crippen LogP contribution < -0.4 is 5.32 Å². The van der Waals surface area contributed by atoms with Gasteiger partial charge in [-0.3, -0.25) is 4.90 Å². The van der Waals surface area contributed by atoms with Gasteiger partial charge in [0.25, 0.3) is 0 Å². The molecule has 1 spiro atoms. The maximum absolute atomic E-state index is 14.4. The smallest absolute Gasteiger partial charge is 0.420 e. The third-order valence-corrected chi connectivity index (χ3v) is 8.57. The summed E-state index contributed by atoms with van der Waals surface area (Å²) in [5.41, 5.74) is 1.45. The Balaban J connectivity index is 1.33. The fraction of sp³-hybridized carbons (Fsp3) is 0.344. The number of alkyl halides is 3. The molecule has 4 heterocycles. The minimum Gasteiger partial charge on any atom is -0.434 e. The van der Waals surface area contributed by atoms with Gasteiger partial charge >= 0.3 is 6.18 Å². The van der Waals surface area contributed by atoms with E-state index in [0.29, 0.717) is 45.9 Å². The third-order valence-electron chi connectivity index (χ3n) is 8.57. The molecule has 2 fully saturated rings. The molecule has 1 saturated carbocycles. The number of benzene rings is 2. The lowest BCUT2D eigenvalue weighted by Gasteiger charge is -2.17. The van der Waals surface area contributed by atoms with Crippen LogP contribution in [0.4, 0.5) is 23.4 Å². The first-order valence-electron chi connectivity index (χ1n) is 14.6. The Hall–Kier alpha value is -4.83. The van der Waals surface area contributed by atoms with Crippen molar-refractivity contribution in [3.05, 3.63) is 65.7 Å². The molecule has 0 bridgehead atoms. The summed E-state index contributed by atoms with van der Waals surface area (Å²) < 4.78 is 64.9. The van der Waals surface area contributed by atoms with E-state index in [2.05, 4.69) is 36.5 Å². The van der Waals surface area contributed by atoms with Gasteiger partial charge in [-0.1, -0.05) is 6.07 Å². The van der Waals surface area contributed by atoms with Crippen LogP contribution in [-0.2, 0) is 19.8 Å². The Morgan fingerprint density at radius 1 is 1.07 bits per heavy atom. The second-order valence-electron chi connectivity index (χ2n) is 11.9. The number of oxazole rings is 1. The van der Waals surface area contributed by atoms with E-state index in [4.69, 9.17) is 9.68 Å². The van der Waals surface area contributed by atoms with Crippen LogP contribution in [0.2, 0.25) is 0 Å². The second kappa shape index (κ2) is 11.0. The largest absolute Gasteiger partial charge is 0.434 e. The van der Waals surface area contributed by atoms with Crippen LogP contribution in [0.1, 0.15) is 36.8 Å². The Labute approximate surface area is 255 Å². The number of nitrogens with zero attached hydrogens (tertiary/aromatic N) is 7. The van der Waals surface area contributed by atoms with Crippen LogP contribution in [0.15, 0.2) is 53.2 Å². The maximum Gasteiger partial charge on any atom is 0.420 e. The quantitative estimate of drug-likeness (QED) is 0.149. The van der Waals surface area contributed by atoms with Crippen LogP contribution >= 0.6 is 0 Å². The van der Waals surface area contributed by atoms with Gasteiger partial charge < -0.3 is 14.3 Å². The normalized spacial score (nSPS) is 16.0. The molecule has 0 radical (unpaired) electrons. The molecule has 1 aliphatic heterocycles. The highest BCUT2D eigenvalue weighted by atomic mass is 19.4. The molecule has 2 aliphatic rings. The minimum absolute atomic E-state index is 0.0860. The molecule has 1 N–H and O–H groups in total. The molecule has 13 heteroatoms. The summed E-state index contributed by atoms with van der Waals surface area (Å²) in [5, 5.41) is 20.2. The third kappa shape index (κ3) is 5.73. The number of fused-ring (bicyclic) bond motifs is 1. The van der Waals surface area contributed by atoms with E-state index in [-0.39, 0.29) is 35.6 Å². The number of aryl methyl sites for hydroxylation is 1. The lowest BCUT2D eigenvalue weighted by Crippen LogP contribution is -2.20. The molecular weight excluding hydrogens is 588 g/mol. The van der Waals surface area contributed by atoms with Crippen LogP contribution in [0.5, 0.6) is 0 Å². The molecular formula is C32H28F4N8O. The van der Waals surface area contributed by atoms with Crippen molar-refractivity contribution in [3.63, 3.8) is 0 Å². The maximum atomic E-state index is 14.4. The first kappa shape index (κ1) is 28.9. The van der Waals surface area contributed by atoms with E-state index in [1.54, 1.807) is 35.9 Å². The van der Waals surface area contributed by atoms with Gasteiger partial charge in [-0.25, -0.2) is 14.4 Å². The molecule has 2 aromatic carbocycles. The number of halogens is 4. The average Bonchev–Trinajstić information content (AvgIpc) is 3.29. The van der Waals surface area contributed by atoms with Crippen molar-refractivity contribution >= 4 is 16.9 Å². The van der Waals surface area contributed by atoms with E-state index >= 15 is 0 Å². The standard InChI is InChI=1S/C32H28F4N8O/c1-43-18-39-42-29(43)23-15-21(33)3-4-22(23)20-13-26(40-27(14-20)38-9-2-8-37)30-41-25-12-19(11-24(28(25)45-30)32(34,35)36)16-44-10-7-31(17-44)5-6-31/h3-4,11-15,18H,2,5-7,9-10,16-17H2,1H3,(H,38,40). The van der Waals surface area contributed by atoms with Crippen molar-refractivity contribution in [2.24, 2.45) is 12.5 Å². The van der Waals surface area contributed by atoms with Crippen LogP contribution in [0.25, 0.3) is 45.2 Å². The molecule has 5 aromatic rings. The number of aromatic nitrogens is 5. The van der Waals surface area contributed by atoms with Crippen molar-refractivity contribution in [1.29, 1.82) is 5.26 Å². The Kier molecular flexibility index (Phi) is 7.04. The zero-order valence-corrected chi connectivity index (χ0v) is 24.3. The number of nitriles is 1. The molecule has 1 aliphatic carbocycles. The first-order valence-corrected chi connectivity index (χ1v) is 14.6. The molecule has 45 heavy (non-hydrogen) atoms. The van der Waals surface area contributed by atoms with Gasteiger partial charge in [-0.05, 0) is 84.3 Å². The lowest BCUT2D eigenvalue weighted by molar-refractivity contribution is -0.136. The summed E-state index contributed by atoms with van der Waals surface area (Å²) in [6, 6.07) is 12.4. The van der Waals surface area contributed by atoms with Crippen molar-refractivity contribution in [2.75, 3.05) is 25.0 Å². The number of anilines is 1. The average molecular weight is 617 g/mol. The summed E-state index contributed by atoms with van der Waals surface area (Å²) in [6.45, 7) is 2.44. The van der Waals surface area contributed by atoms with Crippen LogP contribution in [0.3, 0.4) is 0 Å². The zero-order valence-electron chi connectivity index (χ0n) is 24.3. The predicted molar refractivity (Wildman–Crippen MR) is 158 cm³/mol. The molecule has 0 atom stereocenters. The molecule has 0 amide bonds. The molecule has 230 valence electrons. The summed E-state index contributed by atoms with van der Waals surface area (Å²) in [4.78, 5) is 11.3. The number of pyridine rings is 1. The fourth-order valence-electron chi connectivity index (χ4n) is 6.12. The lowest BCUT2D eigenvalue weighted by atomic mass is 9.98. The van der Waals surface area contributed by atoms with Gasteiger partial charge in [0.1, 0.15) is 34.7 Å². The first-order chi connectivity index (χ1) is 21.6. The monoisotopic (exact) mass is 616 g/mol. The topological polar surface area (TPSA) is 109 Å². The zero-order chi connectivity index (χ0) is 31.3. The van der Waals surface area contributed by atoms with E-state index in [0.717, 1.165) is 25.6 Å². The molecule has 3 aromatic heterocycles. The van der Waals surface area contributed by atoms with Crippen LogP contribution in [0, 0.1) is 22.6 Å². The van der Waals surface area contributed by atoms with Gasteiger partial charge in [0.05, 0.1) is 12.5 Å². The number of likely N-dealkylation sites (tertiary alicyclic amines) is 1. The SMILES string of the molecule is Cn1cnnc1-c1cc(F)ccc1-c1cc(NCCC#N)nc(-c2nc3cc(CN4CCC5(CC5)C4)cc(C(F)(F)F)c3o2)c1. The summed E-state index contributed by atoms with van der Waals surface area (Å²) in [7, 11) is 1.73. The van der Waals surface area contributed by atoms with Gasteiger partial charge in [-0.15, -0.1) is 10.2 Å². The van der Waals surface area contributed by atoms with Gasteiger partial charge in [-0.2, -0.15) is 18.4 Å². The second-order valence-corrected chi connectivity index (χ2v) is 11.9. The van der Waals surface area contributed by atoms with Crippen LogP contribution in [-0.4, -0.2) is 49.3 Å². The number of rotatable bonds is 8. The molecule has 0 unspecified atom stereocenters. The predicted octanol–water partition coefficient (Wildman–Crippen LogP) is 6.82. The minimum atomic E-state index is -4.66. The Morgan fingerprint density at radius 2 is 1.91 bits per heavy atom. The van der Waals surface area contributed by atoms with Crippen molar-refractivity contribution in [2.45, 2.75) is 38.4 Å². The number of nitrogens with one attached hydrogen (secondary N) is 1. The highest BCUT2D eigenvalue weighted by Crippen LogP contribution is 2.53. The Morgan fingerprint density at radius 3 is 2.62 bits per heavy atom. The van der Waals surface area contributed by atoms with Gasteiger partial charge in [0, 0.05) is 32.2 Å². The van der Waals surface area contributed by atoms with E-state index in [1.165, 1.54) is 31.3 Å². The van der Waals surface area contributed by atoms with E-state index in [9.17, 15) is 17.6 Å². The summed E-state index contributed by atoms with van der Waals surface area (Å²) in [6.07, 6.45) is 0.470. The van der Waals surface area contributed by atoms with Crippen molar-refractivity contribution in [3.8, 4) is 40.2 Å². The highest BCUT2D eigenvalue weighted by molar-refractivity contribution is 5.85. The van der Waals surface area contributed by atoms with Crippen molar-refractivity contribution < 1.29 is 22.0 Å². The van der Waals surface area contributed by atoms with Crippen molar-refractivity contribution in [1.82, 2.24) is 29.6 Å². The summed E-state index contributed by atoms with van der Waals surface area (Å²) in [5.74, 6) is 0.178. The number of hydrogen-bond donors (Lipinski definition) is 1. The molecule has 9 nitrogen and oxygen atoms in total. The van der Waals surface area contributed by atoms with Gasteiger partial charge in [0.15, 0.2) is 11.4 Å². The van der Waals surface area contributed by atoms with E-state index < -0.39 is 17.6 Å². The van der Waals surface area contributed by atoms with E-state index in [1.807, 2.05) is 0 Å². The highest BCUT2D eigenvalue weighted by Gasteiger charge is 2.47. The Bertz CT molecular complexity index is 1950. The molecule has 7 rings (SSSR count).